The van der Waals surface area contributed by atoms with Crippen molar-refractivity contribution in [2.24, 2.45) is 0 Å². The molecule has 212 valence electrons. The molecule has 0 amide bonds. The number of rotatable bonds is 4. The number of fused-ring (bicyclic) bond motifs is 2. The molecule has 1 N–H and O–H groups in total. The summed E-state index contributed by atoms with van der Waals surface area (Å²) in [5.74, 6) is -0.882. The van der Waals surface area contributed by atoms with Crippen LogP contribution in [0.4, 0.5) is 0 Å². The summed E-state index contributed by atoms with van der Waals surface area (Å²) in [5, 5.41) is 19.7. The molecule has 0 aliphatic carbocycles. The number of methoxy groups -OCH3 is 1. The second-order valence-electron chi connectivity index (χ2n) is 9.61. The van der Waals surface area contributed by atoms with Gasteiger partial charge in [-0.1, -0.05) is 48.5 Å². The van der Waals surface area contributed by atoms with E-state index in [1.165, 1.54) is 14.0 Å². The van der Waals surface area contributed by atoms with Gasteiger partial charge in [0, 0.05) is 20.0 Å². The van der Waals surface area contributed by atoms with Gasteiger partial charge < -0.3 is 24.1 Å². The number of nitrogens with zero attached hydrogens (tertiary/aromatic N) is 1. The fourth-order valence-corrected chi connectivity index (χ4v) is 4.72. The molecule has 2 aliphatic heterocycles. The van der Waals surface area contributed by atoms with Gasteiger partial charge in [0.15, 0.2) is 0 Å². The van der Waals surface area contributed by atoms with E-state index in [0.717, 1.165) is 34.6 Å². The molecule has 0 spiro atoms. The lowest BCUT2D eigenvalue weighted by molar-refractivity contribution is 0.0271. The zero-order chi connectivity index (χ0) is 29.2. The Morgan fingerprint density at radius 2 is 1.27 bits per heavy atom. The number of carbonyl (C=O) groups excluding carboxylic acids is 2. The molecule has 0 aromatic heterocycles. The number of aliphatic hydroxyl groups is 1. The number of carbonyl (C=O) groups is 2. The molecule has 8 heteroatoms. The molecule has 0 radical (unpaired) electrons. The van der Waals surface area contributed by atoms with Crippen molar-refractivity contribution in [2.75, 3.05) is 33.5 Å². The van der Waals surface area contributed by atoms with Crippen LogP contribution in [0.3, 0.4) is 0 Å². The molecular formula is C33H33NO7. The van der Waals surface area contributed by atoms with Gasteiger partial charge in [0.1, 0.15) is 6.10 Å². The van der Waals surface area contributed by atoms with Crippen LogP contribution in [0.5, 0.6) is 0 Å². The quantitative estimate of drug-likeness (QED) is 0.320. The van der Waals surface area contributed by atoms with Crippen molar-refractivity contribution >= 4 is 33.5 Å². The number of hydrogen-bond donors (Lipinski definition) is 1. The third-order valence-corrected chi connectivity index (χ3v) is 6.75. The molecule has 4 aromatic carbocycles. The van der Waals surface area contributed by atoms with Gasteiger partial charge in [-0.15, -0.1) is 0 Å². The maximum absolute atomic E-state index is 13.3. The summed E-state index contributed by atoms with van der Waals surface area (Å²) in [6, 6.07) is 24.9. The summed E-state index contributed by atoms with van der Waals surface area (Å²) in [5.41, 5.74) is 2.09. The zero-order valence-electron chi connectivity index (χ0n) is 23.2. The largest absolute Gasteiger partial charge is 0.465 e. The Morgan fingerprint density at radius 1 is 0.805 bits per heavy atom. The molecule has 2 atom stereocenters. The van der Waals surface area contributed by atoms with Crippen molar-refractivity contribution in [3.8, 4) is 17.2 Å². The second kappa shape index (κ2) is 14.4. The Morgan fingerprint density at radius 3 is 1.66 bits per heavy atom. The lowest BCUT2D eigenvalue weighted by Gasteiger charge is -2.17. The van der Waals surface area contributed by atoms with Gasteiger partial charge in [-0.25, -0.2) is 9.59 Å². The summed E-state index contributed by atoms with van der Waals surface area (Å²) < 4.78 is 21.0. The highest BCUT2D eigenvalue weighted by atomic mass is 16.6. The third-order valence-electron chi connectivity index (χ3n) is 6.75. The van der Waals surface area contributed by atoms with Crippen molar-refractivity contribution in [3.63, 3.8) is 0 Å². The monoisotopic (exact) mass is 555 g/mol. The summed E-state index contributed by atoms with van der Waals surface area (Å²) in [4.78, 5) is 26.0. The minimum Gasteiger partial charge on any atom is -0.465 e. The van der Waals surface area contributed by atoms with Crippen molar-refractivity contribution in [1.82, 2.24) is 0 Å². The number of ether oxygens (including phenoxy) is 4. The smallest absolute Gasteiger partial charge is 0.339 e. The SMILES string of the molecule is CC#N.COC(=O)c1cc2ccccc2cc1-c1cc2ccccc2cc1C(=O)OC1CCOC1.O[C@@H]1CCOC1. The van der Waals surface area contributed by atoms with Gasteiger partial charge in [0.05, 0.1) is 50.2 Å². The molecule has 2 heterocycles. The van der Waals surface area contributed by atoms with E-state index >= 15 is 0 Å². The fraction of sp³-hybridized carbons (Fsp3) is 0.303. The lowest BCUT2D eigenvalue weighted by atomic mass is 9.90. The van der Waals surface area contributed by atoms with Crippen LogP contribution in [-0.2, 0) is 18.9 Å². The van der Waals surface area contributed by atoms with Crippen molar-refractivity contribution in [3.05, 3.63) is 83.9 Å². The molecule has 0 saturated carbocycles. The van der Waals surface area contributed by atoms with Crippen LogP contribution >= 0.6 is 0 Å². The number of nitriles is 1. The van der Waals surface area contributed by atoms with Crippen LogP contribution in [-0.4, -0.2) is 62.8 Å². The Bertz CT molecular complexity index is 1550. The first-order valence-corrected chi connectivity index (χ1v) is 13.4. The van der Waals surface area contributed by atoms with Crippen molar-refractivity contribution in [1.29, 1.82) is 5.26 Å². The first-order valence-electron chi connectivity index (χ1n) is 13.4. The fourth-order valence-electron chi connectivity index (χ4n) is 4.72. The minimum atomic E-state index is -0.456. The summed E-state index contributed by atoms with van der Waals surface area (Å²) in [6.07, 6.45) is 1.06. The lowest BCUT2D eigenvalue weighted by Crippen LogP contribution is -2.19. The normalized spacial score (nSPS) is 17.5. The van der Waals surface area contributed by atoms with Crippen LogP contribution in [0.25, 0.3) is 32.7 Å². The zero-order valence-corrected chi connectivity index (χ0v) is 23.2. The van der Waals surface area contributed by atoms with Gasteiger partial charge in [0.25, 0.3) is 0 Å². The maximum Gasteiger partial charge on any atom is 0.339 e. The van der Waals surface area contributed by atoms with E-state index < -0.39 is 11.9 Å². The average Bonchev–Trinajstić information content (AvgIpc) is 3.70. The van der Waals surface area contributed by atoms with E-state index in [0.29, 0.717) is 48.5 Å². The first kappa shape index (κ1) is 29.7. The maximum atomic E-state index is 13.3. The molecule has 2 fully saturated rings. The Hall–Kier alpha value is -4.29. The predicted molar refractivity (Wildman–Crippen MR) is 156 cm³/mol. The Kier molecular flexibility index (Phi) is 10.4. The van der Waals surface area contributed by atoms with E-state index in [1.54, 1.807) is 6.07 Å². The van der Waals surface area contributed by atoms with Gasteiger partial charge in [0.2, 0.25) is 0 Å². The third kappa shape index (κ3) is 7.47. The Balaban J connectivity index is 0.000000372. The highest BCUT2D eigenvalue weighted by Gasteiger charge is 2.25. The van der Waals surface area contributed by atoms with Crippen LogP contribution in [0.15, 0.2) is 72.8 Å². The number of aliphatic hydroxyl groups excluding tert-OH is 1. The van der Waals surface area contributed by atoms with Crippen LogP contribution < -0.4 is 0 Å². The molecule has 1 unspecified atom stereocenters. The molecule has 0 bridgehead atoms. The van der Waals surface area contributed by atoms with Gasteiger partial charge in [-0.2, -0.15) is 5.26 Å². The molecule has 2 saturated heterocycles. The predicted octanol–water partition coefficient (Wildman–Crippen LogP) is 5.69. The molecule has 41 heavy (non-hydrogen) atoms. The van der Waals surface area contributed by atoms with Crippen LogP contribution in [0, 0.1) is 11.3 Å². The van der Waals surface area contributed by atoms with Crippen LogP contribution in [0.1, 0.15) is 40.5 Å². The van der Waals surface area contributed by atoms with Crippen molar-refractivity contribution in [2.45, 2.75) is 32.0 Å². The topological polar surface area (TPSA) is 115 Å². The van der Waals surface area contributed by atoms with Crippen LogP contribution in [0.2, 0.25) is 0 Å². The van der Waals surface area contributed by atoms with E-state index in [4.69, 9.17) is 29.3 Å². The molecule has 6 rings (SSSR count). The summed E-state index contributed by atoms with van der Waals surface area (Å²) >= 11 is 0. The van der Waals surface area contributed by atoms with E-state index in [1.807, 2.05) is 72.8 Å². The summed E-state index contributed by atoms with van der Waals surface area (Å²) in [7, 11) is 1.36. The van der Waals surface area contributed by atoms with Crippen molar-refractivity contribution < 1.29 is 33.6 Å². The average molecular weight is 556 g/mol. The molecule has 4 aromatic rings. The first-order chi connectivity index (χ1) is 19.9. The highest BCUT2D eigenvalue weighted by molar-refractivity contribution is 6.09. The van der Waals surface area contributed by atoms with Gasteiger partial charge >= 0.3 is 11.9 Å². The number of benzene rings is 4. The van der Waals surface area contributed by atoms with Gasteiger partial charge in [-0.05, 0) is 63.4 Å². The minimum absolute atomic E-state index is 0.176. The highest BCUT2D eigenvalue weighted by Crippen LogP contribution is 2.35. The molecule has 2 aliphatic rings. The summed E-state index contributed by atoms with van der Waals surface area (Å²) in [6.45, 7) is 3.69. The second-order valence-corrected chi connectivity index (χ2v) is 9.61. The number of hydrogen-bond acceptors (Lipinski definition) is 8. The van der Waals surface area contributed by atoms with E-state index in [9.17, 15) is 9.59 Å². The number of esters is 2. The molecule has 8 nitrogen and oxygen atoms in total. The standard InChI is InChI=1S/C27H22O5.C4H8O2.C2H3N/c1-30-26(28)24-14-19-8-4-2-6-17(19)12-22(24)23-13-18-7-3-5-9-20(18)15-25(23)27(29)32-21-10-11-31-16-21;5-4-1-2-6-3-4;1-2-3/h2-9,12-15,21H,10-11,16H2,1H3;4-5H,1-3H2;1H3/t;4-;/m.1./s1. The Labute approximate surface area is 239 Å². The van der Waals surface area contributed by atoms with Gasteiger partial charge in [-0.3, -0.25) is 0 Å². The van der Waals surface area contributed by atoms with E-state index in [2.05, 4.69) is 0 Å². The van der Waals surface area contributed by atoms with E-state index in [-0.39, 0.29) is 12.2 Å². The molecular weight excluding hydrogens is 522 g/mol.